The largest absolute Gasteiger partial charge is 0.444 e. The molecule has 0 aromatic carbocycles. The van der Waals surface area contributed by atoms with Crippen LogP contribution in [0.5, 0.6) is 0 Å². The molecule has 2 fully saturated rings. The van der Waals surface area contributed by atoms with Crippen LogP contribution in [0, 0.1) is 0 Å². The lowest BCUT2D eigenvalue weighted by Gasteiger charge is -2.37. The van der Waals surface area contributed by atoms with Crippen LogP contribution in [0.2, 0.25) is 0 Å². The fourth-order valence-corrected chi connectivity index (χ4v) is 2.43. The van der Waals surface area contributed by atoms with Crippen molar-refractivity contribution in [3.05, 3.63) is 0 Å². The first-order chi connectivity index (χ1) is 8.57. The number of ether oxygens (including phenoxy) is 3. The van der Waals surface area contributed by atoms with Crippen LogP contribution in [0.4, 0.5) is 4.79 Å². The molecule has 19 heavy (non-hydrogen) atoms. The van der Waals surface area contributed by atoms with Crippen molar-refractivity contribution in [3.8, 4) is 0 Å². The molecule has 2 aliphatic heterocycles. The average molecular weight is 273 g/mol. The maximum atomic E-state index is 12.0. The minimum atomic E-state index is -0.756. The number of nitrogens with zero attached hydrogens (tertiary/aromatic N) is 1. The monoisotopic (exact) mass is 273 g/mol. The number of piperidine rings is 1. The quantitative estimate of drug-likeness (QED) is 0.716. The Hall–Kier alpha value is -0.850. The van der Waals surface area contributed by atoms with E-state index in [4.69, 9.17) is 14.2 Å². The highest BCUT2D eigenvalue weighted by Gasteiger charge is 2.49. The fraction of sp³-hybridized carbons (Fsp3) is 0.923. The molecule has 3 unspecified atom stereocenters. The van der Waals surface area contributed by atoms with E-state index in [-0.39, 0.29) is 18.8 Å². The summed E-state index contributed by atoms with van der Waals surface area (Å²) in [7, 11) is 0. The number of aliphatic hydroxyl groups excluding tert-OH is 1. The van der Waals surface area contributed by atoms with Gasteiger partial charge in [-0.15, -0.1) is 0 Å². The fourth-order valence-electron chi connectivity index (χ4n) is 2.43. The first kappa shape index (κ1) is 14.6. The van der Waals surface area contributed by atoms with E-state index >= 15 is 0 Å². The minimum absolute atomic E-state index is 0.204. The summed E-state index contributed by atoms with van der Waals surface area (Å²) in [5.74, 6) is -0.722. The zero-order chi connectivity index (χ0) is 14.4. The number of carbonyl (C=O) groups is 1. The molecule has 110 valence electrons. The van der Waals surface area contributed by atoms with Crippen molar-refractivity contribution in [2.24, 2.45) is 0 Å². The highest BCUT2D eigenvalue weighted by atomic mass is 16.8. The summed E-state index contributed by atoms with van der Waals surface area (Å²) in [6.45, 7) is 9.62. The van der Waals surface area contributed by atoms with Crippen molar-refractivity contribution >= 4 is 6.09 Å². The lowest BCUT2D eigenvalue weighted by atomic mass is 10.0. The second-order valence-electron chi connectivity index (χ2n) is 6.59. The predicted molar refractivity (Wildman–Crippen MR) is 67.6 cm³/mol. The maximum Gasteiger partial charge on any atom is 0.410 e. The van der Waals surface area contributed by atoms with Crippen molar-refractivity contribution in [2.45, 2.75) is 64.3 Å². The normalized spacial score (nSPS) is 34.0. The van der Waals surface area contributed by atoms with Crippen molar-refractivity contribution < 1.29 is 24.1 Å². The van der Waals surface area contributed by atoms with Gasteiger partial charge in [0.1, 0.15) is 23.9 Å². The molecule has 1 amide bonds. The molecule has 2 saturated heterocycles. The number of likely N-dealkylation sites (tertiary alicyclic amines) is 1. The van der Waals surface area contributed by atoms with Gasteiger partial charge in [-0.05, 0) is 34.6 Å². The minimum Gasteiger partial charge on any atom is -0.444 e. The highest BCUT2D eigenvalue weighted by Crippen LogP contribution is 2.33. The standard InChI is InChI=1S/C13H23NO5/c1-12(2,3)19-11(16)14-6-8(15)10-9(7-14)17-13(4,5)18-10/h8-10,15H,6-7H2,1-5H3. The molecular weight excluding hydrogens is 250 g/mol. The Morgan fingerprint density at radius 1 is 1.32 bits per heavy atom. The van der Waals surface area contributed by atoms with E-state index < -0.39 is 23.6 Å². The van der Waals surface area contributed by atoms with Gasteiger partial charge in [-0.1, -0.05) is 0 Å². The van der Waals surface area contributed by atoms with E-state index in [1.165, 1.54) is 4.90 Å². The molecule has 6 heteroatoms. The molecular formula is C13H23NO5. The molecule has 2 rings (SSSR count). The Morgan fingerprint density at radius 2 is 1.95 bits per heavy atom. The summed E-state index contributed by atoms with van der Waals surface area (Å²) in [5.41, 5.74) is -0.550. The third-order valence-corrected chi connectivity index (χ3v) is 3.06. The van der Waals surface area contributed by atoms with Gasteiger partial charge in [0.25, 0.3) is 0 Å². The zero-order valence-electron chi connectivity index (χ0n) is 12.2. The van der Waals surface area contributed by atoms with Gasteiger partial charge in [0.2, 0.25) is 0 Å². The van der Waals surface area contributed by atoms with Crippen LogP contribution in [0.1, 0.15) is 34.6 Å². The van der Waals surface area contributed by atoms with Crippen LogP contribution >= 0.6 is 0 Å². The number of amides is 1. The van der Waals surface area contributed by atoms with E-state index in [2.05, 4.69) is 0 Å². The molecule has 2 heterocycles. The third kappa shape index (κ3) is 3.38. The molecule has 0 spiro atoms. The first-order valence-corrected chi connectivity index (χ1v) is 6.59. The topological polar surface area (TPSA) is 68.2 Å². The van der Waals surface area contributed by atoms with Gasteiger partial charge in [-0.25, -0.2) is 4.79 Å². The average Bonchev–Trinajstić information content (AvgIpc) is 2.50. The van der Waals surface area contributed by atoms with E-state index in [1.807, 2.05) is 20.8 Å². The van der Waals surface area contributed by atoms with E-state index in [0.29, 0.717) is 6.54 Å². The number of aliphatic hydroxyl groups is 1. The lowest BCUT2D eigenvalue weighted by molar-refractivity contribution is -0.152. The van der Waals surface area contributed by atoms with Crippen LogP contribution in [0.3, 0.4) is 0 Å². The molecule has 2 aliphatic rings. The Kier molecular flexibility index (Phi) is 3.53. The highest BCUT2D eigenvalue weighted by molar-refractivity contribution is 5.68. The van der Waals surface area contributed by atoms with Crippen LogP contribution in [0.15, 0.2) is 0 Å². The molecule has 0 aromatic rings. The summed E-state index contributed by atoms with van der Waals surface area (Å²) in [6.07, 6.45) is -1.88. The molecule has 0 aliphatic carbocycles. The number of fused-ring (bicyclic) bond motifs is 1. The third-order valence-electron chi connectivity index (χ3n) is 3.06. The molecule has 6 nitrogen and oxygen atoms in total. The van der Waals surface area contributed by atoms with Gasteiger partial charge in [-0.2, -0.15) is 0 Å². The van der Waals surface area contributed by atoms with Crippen molar-refractivity contribution in [2.75, 3.05) is 13.1 Å². The number of β-amino-alcohol motifs (C(OH)–C–C–N with tert-alkyl or cyclic N) is 1. The number of carbonyl (C=O) groups excluding carboxylic acids is 1. The molecule has 1 N–H and O–H groups in total. The Labute approximate surface area is 113 Å². The lowest BCUT2D eigenvalue weighted by Crippen LogP contribution is -2.56. The Bertz CT molecular complexity index is 363. The Balaban J connectivity index is 2.02. The van der Waals surface area contributed by atoms with Gasteiger partial charge in [0.15, 0.2) is 5.79 Å². The Morgan fingerprint density at radius 3 is 2.53 bits per heavy atom. The van der Waals surface area contributed by atoms with E-state index in [1.54, 1.807) is 13.8 Å². The summed E-state index contributed by atoms with van der Waals surface area (Å²) >= 11 is 0. The van der Waals surface area contributed by atoms with Gasteiger partial charge in [-0.3, -0.25) is 0 Å². The van der Waals surface area contributed by atoms with Crippen LogP contribution in [0.25, 0.3) is 0 Å². The van der Waals surface area contributed by atoms with Gasteiger partial charge in [0.05, 0.1) is 13.1 Å². The molecule has 0 saturated carbocycles. The van der Waals surface area contributed by atoms with Crippen molar-refractivity contribution in [1.82, 2.24) is 4.90 Å². The summed E-state index contributed by atoms with van der Waals surface area (Å²) in [4.78, 5) is 13.5. The summed E-state index contributed by atoms with van der Waals surface area (Å²) in [6, 6.07) is 0. The number of rotatable bonds is 0. The van der Waals surface area contributed by atoms with Gasteiger partial charge in [0, 0.05) is 0 Å². The van der Waals surface area contributed by atoms with Crippen LogP contribution in [-0.2, 0) is 14.2 Å². The molecule has 0 aromatic heterocycles. The number of hydrogen-bond acceptors (Lipinski definition) is 5. The molecule has 0 bridgehead atoms. The van der Waals surface area contributed by atoms with Crippen LogP contribution < -0.4 is 0 Å². The smallest absolute Gasteiger partial charge is 0.410 e. The predicted octanol–water partition coefficient (Wildman–Crippen LogP) is 1.12. The van der Waals surface area contributed by atoms with Crippen LogP contribution in [-0.4, -0.2) is 58.9 Å². The van der Waals surface area contributed by atoms with Crippen molar-refractivity contribution in [1.29, 1.82) is 0 Å². The second kappa shape index (κ2) is 4.61. The first-order valence-electron chi connectivity index (χ1n) is 6.59. The zero-order valence-corrected chi connectivity index (χ0v) is 12.2. The number of hydrogen-bond donors (Lipinski definition) is 1. The van der Waals surface area contributed by atoms with Gasteiger partial charge >= 0.3 is 6.09 Å². The second-order valence-corrected chi connectivity index (χ2v) is 6.59. The van der Waals surface area contributed by atoms with E-state index in [9.17, 15) is 9.90 Å². The van der Waals surface area contributed by atoms with E-state index in [0.717, 1.165) is 0 Å². The van der Waals surface area contributed by atoms with Crippen molar-refractivity contribution in [3.63, 3.8) is 0 Å². The maximum absolute atomic E-state index is 12.0. The van der Waals surface area contributed by atoms with Gasteiger partial charge < -0.3 is 24.2 Å². The molecule has 3 atom stereocenters. The summed E-state index contributed by atoms with van der Waals surface area (Å²) in [5, 5.41) is 10.1. The SMILES string of the molecule is CC(C)(C)OC(=O)N1CC(O)C2OC(C)(C)OC2C1. The summed E-state index contributed by atoms with van der Waals surface area (Å²) < 4.78 is 16.7. The molecule has 0 radical (unpaired) electrons.